The van der Waals surface area contributed by atoms with E-state index < -0.39 is 0 Å². The number of ether oxygens (including phenoxy) is 1. The first-order valence-electron chi connectivity index (χ1n) is 5.54. The van der Waals surface area contributed by atoms with E-state index in [1.807, 2.05) is 29.2 Å². The third-order valence-electron chi connectivity index (χ3n) is 2.85. The average Bonchev–Trinajstić information content (AvgIpc) is 2.82. The van der Waals surface area contributed by atoms with Gasteiger partial charge in [0.05, 0.1) is 13.2 Å². The molecule has 2 aromatic rings. The number of hydrogen-bond acceptors (Lipinski definition) is 4. The van der Waals surface area contributed by atoms with E-state index in [-0.39, 0.29) is 6.04 Å². The Morgan fingerprint density at radius 3 is 3.12 bits per heavy atom. The molecule has 86 valence electrons. The van der Waals surface area contributed by atoms with Crippen molar-refractivity contribution in [2.45, 2.75) is 6.04 Å². The van der Waals surface area contributed by atoms with E-state index >= 15 is 0 Å². The van der Waals surface area contributed by atoms with Crippen LogP contribution in [0.3, 0.4) is 0 Å². The van der Waals surface area contributed by atoms with Crippen LogP contribution in [0.4, 0.5) is 6.01 Å². The summed E-state index contributed by atoms with van der Waals surface area (Å²) in [7, 11) is 0. The smallest absolute Gasteiger partial charge is 0.299 e. The van der Waals surface area contributed by atoms with Gasteiger partial charge in [0, 0.05) is 6.54 Å². The molecule has 17 heavy (non-hydrogen) atoms. The van der Waals surface area contributed by atoms with Gasteiger partial charge in [-0.3, -0.25) is 0 Å². The normalized spacial score (nSPS) is 20.4. The summed E-state index contributed by atoms with van der Waals surface area (Å²) in [5.41, 5.74) is 1.63. The number of fused-ring (bicyclic) bond motifs is 1. The third kappa shape index (κ3) is 1.75. The Morgan fingerprint density at radius 2 is 2.29 bits per heavy atom. The second kappa shape index (κ2) is 4.11. The summed E-state index contributed by atoms with van der Waals surface area (Å²) in [5, 5.41) is 0. The fourth-order valence-corrected chi connectivity index (χ4v) is 1.95. The molecule has 0 saturated carbocycles. The van der Waals surface area contributed by atoms with Crippen molar-refractivity contribution >= 4 is 17.1 Å². The van der Waals surface area contributed by atoms with Gasteiger partial charge < -0.3 is 14.1 Å². The van der Waals surface area contributed by atoms with Crippen molar-refractivity contribution in [1.29, 1.82) is 0 Å². The van der Waals surface area contributed by atoms with Gasteiger partial charge in [-0.2, -0.15) is 4.98 Å². The Balaban J connectivity index is 1.99. The highest BCUT2D eigenvalue weighted by atomic mass is 16.5. The summed E-state index contributed by atoms with van der Waals surface area (Å²) in [6.07, 6.45) is 5.48. The Morgan fingerprint density at radius 1 is 1.41 bits per heavy atom. The molecule has 1 aromatic carbocycles. The molecule has 1 unspecified atom stereocenters. The molecule has 0 spiro atoms. The average molecular weight is 228 g/mol. The van der Waals surface area contributed by atoms with Crippen LogP contribution in [-0.4, -0.2) is 30.8 Å². The van der Waals surface area contributed by atoms with Gasteiger partial charge in [-0.15, -0.1) is 6.42 Å². The van der Waals surface area contributed by atoms with Gasteiger partial charge >= 0.3 is 0 Å². The number of rotatable bonds is 1. The standard InChI is InChI=1S/C13H12N2O2/c1-2-10-9-16-8-7-15(10)13-14-11-5-3-4-6-12(11)17-13/h1,3-6,10H,7-9H2. The first kappa shape index (κ1) is 10.2. The van der Waals surface area contributed by atoms with E-state index in [1.165, 1.54) is 0 Å². The number of para-hydroxylation sites is 2. The SMILES string of the molecule is C#CC1COCCN1c1nc2ccccc2o1. The Hall–Kier alpha value is -1.99. The number of nitrogens with zero attached hydrogens (tertiary/aromatic N) is 2. The zero-order valence-corrected chi connectivity index (χ0v) is 9.30. The van der Waals surface area contributed by atoms with E-state index in [4.69, 9.17) is 15.6 Å². The lowest BCUT2D eigenvalue weighted by Gasteiger charge is -2.30. The summed E-state index contributed by atoms with van der Waals surface area (Å²) in [5.74, 6) is 2.70. The molecule has 4 nitrogen and oxygen atoms in total. The number of hydrogen-bond donors (Lipinski definition) is 0. The molecular weight excluding hydrogens is 216 g/mol. The molecular formula is C13H12N2O2. The molecule has 3 rings (SSSR count). The van der Waals surface area contributed by atoms with Gasteiger partial charge in [-0.1, -0.05) is 18.1 Å². The number of aromatic nitrogens is 1. The van der Waals surface area contributed by atoms with Crippen LogP contribution < -0.4 is 4.90 Å². The predicted octanol–water partition coefficient (Wildman–Crippen LogP) is 1.67. The molecule has 1 aromatic heterocycles. The maximum absolute atomic E-state index is 5.70. The number of morpholine rings is 1. The zero-order chi connectivity index (χ0) is 11.7. The molecule has 0 aliphatic carbocycles. The second-order valence-electron chi connectivity index (χ2n) is 3.91. The molecule has 1 aliphatic rings. The first-order valence-corrected chi connectivity index (χ1v) is 5.54. The van der Waals surface area contributed by atoms with Crippen molar-refractivity contribution in [2.24, 2.45) is 0 Å². The van der Waals surface area contributed by atoms with Crippen molar-refractivity contribution in [3.63, 3.8) is 0 Å². The van der Waals surface area contributed by atoms with Gasteiger partial charge in [-0.05, 0) is 12.1 Å². The lowest BCUT2D eigenvalue weighted by Crippen LogP contribution is -2.44. The van der Waals surface area contributed by atoms with Crippen LogP contribution in [-0.2, 0) is 4.74 Å². The maximum Gasteiger partial charge on any atom is 0.299 e. The number of terminal acetylenes is 1. The minimum Gasteiger partial charge on any atom is -0.423 e. The minimum absolute atomic E-state index is 0.100. The Kier molecular flexibility index (Phi) is 2.46. The Bertz CT molecular complexity index is 537. The largest absolute Gasteiger partial charge is 0.423 e. The van der Waals surface area contributed by atoms with Crippen LogP contribution in [0, 0.1) is 12.3 Å². The summed E-state index contributed by atoms with van der Waals surface area (Å²) in [4.78, 5) is 6.42. The van der Waals surface area contributed by atoms with Gasteiger partial charge in [0.15, 0.2) is 5.58 Å². The van der Waals surface area contributed by atoms with E-state index in [1.54, 1.807) is 0 Å². The van der Waals surface area contributed by atoms with Crippen LogP contribution in [0.25, 0.3) is 11.1 Å². The van der Waals surface area contributed by atoms with Crippen molar-refractivity contribution in [1.82, 2.24) is 4.98 Å². The van der Waals surface area contributed by atoms with E-state index in [0.29, 0.717) is 25.8 Å². The highest BCUT2D eigenvalue weighted by Crippen LogP contribution is 2.24. The van der Waals surface area contributed by atoms with Crippen LogP contribution in [0.1, 0.15) is 0 Å². The highest BCUT2D eigenvalue weighted by molar-refractivity contribution is 5.74. The van der Waals surface area contributed by atoms with Crippen molar-refractivity contribution in [3.8, 4) is 12.3 Å². The number of anilines is 1. The molecule has 4 heteroatoms. The fraction of sp³-hybridized carbons (Fsp3) is 0.308. The van der Waals surface area contributed by atoms with Crippen molar-refractivity contribution in [3.05, 3.63) is 24.3 Å². The molecule has 0 N–H and O–H groups in total. The topological polar surface area (TPSA) is 38.5 Å². The molecule has 1 atom stereocenters. The van der Waals surface area contributed by atoms with Crippen LogP contribution >= 0.6 is 0 Å². The fourth-order valence-electron chi connectivity index (χ4n) is 1.95. The second-order valence-corrected chi connectivity index (χ2v) is 3.91. The lowest BCUT2D eigenvalue weighted by molar-refractivity contribution is 0.105. The van der Waals surface area contributed by atoms with E-state index in [0.717, 1.165) is 11.1 Å². The van der Waals surface area contributed by atoms with Gasteiger partial charge in [0.1, 0.15) is 11.6 Å². The lowest BCUT2D eigenvalue weighted by atomic mass is 10.2. The molecule has 1 saturated heterocycles. The van der Waals surface area contributed by atoms with Crippen LogP contribution in [0.15, 0.2) is 28.7 Å². The highest BCUT2D eigenvalue weighted by Gasteiger charge is 2.25. The van der Waals surface area contributed by atoms with Crippen molar-refractivity contribution in [2.75, 3.05) is 24.7 Å². The van der Waals surface area contributed by atoms with Crippen molar-refractivity contribution < 1.29 is 9.15 Å². The first-order chi connectivity index (χ1) is 8.38. The number of oxazole rings is 1. The van der Waals surface area contributed by atoms with E-state index in [2.05, 4.69) is 10.9 Å². The maximum atomic E-state index is 5.70. The summed E-state index contributed by atoms with van der Waals surface area (Å²) < 4.78 is 11.0. The quantitative estimate of drug-likeness (QED) is 0.696. The molecule has 0 amide bonds. The van der Waals surface area contributed by atoms with Crippen LogP contribution in [0.2, 0.25) is 0 Å². The van der Waals surface area contributed by atoms with E-state index in [9.17, 15) is 0 Å². The molecule has 1 fully saturated rings. The predicted molar refractivity (Wildman–Crippen MR) is 64.8 cm³/mol. The monoisotopic (exact) mass is 228 g/mol. The number of benzene rings is 1. The zero-order valence-electron chi connectivity index (χ0n) is 9.30. The summed E-state index contributed by atoms with van der Waals surface area (Å²) in [6.45, 7) is 1.88. The molecule has 0 bridgehead atoms. The molecule has 0 radical (unpaired) electrons. The molecule has 2 heterocycles. The van der Waals surface area contributed by atoms with Gasteiger partial charge in [0.25, 0.3) is 6.01 Å². The van der Waals surface area contributed by atoms with Crippen LogP contribution in [0.5, 0.6) is 0 Å². The third-order valence-corrected chi connectivity index (χ3v) is 2.85. The minimum atomic E-state index is -0.100. The van der Waals surface area contributed by atoms with Gasteiger partial charge in [0.2, 0.25) is 0 Å². The summed E-state index contributed by atoms with van der Waals surface area (Å²) >= 11 is 0. The summed E-state index contributed by atoms with van der Waals surface area (Å²) in [6, 6.07) is 8.17. The molecule has 1 aliphatic heterocycles. The Labute approximate surface area is 99.2 Å². The van der Waals surface area contributed by atoms with Gasteiger partial charge in [-0.25, -0.2) is 0 Å².